The second kappa shape index (κ2) is 3.79. The minimum atomic E-state index is -0.610. The lowest BCUT2D eigenvalue weighted by Crippen LogP contribution is -2.19. The molecule has 0 radical (unpaired) electrons. The van der Waals surface area contributed by atoms with Gasteiger partial charge in [0.15, 0.2) is 0 Å². The van der Waals surface area contributed by atoms with E-state index < -0.39 is 11.6 Å². The third-order valence-electron chi connectivity index (χ3n) is 2.65. The van der Waals surface area contributed by atoms with E-state index in [0.717, 1.165) is 18.4 Å². The summed E-state index contributed by atoms with van der Waals surface area (Å²) in [5.74, 6) is 0. The molecule has 1 saturated carbocycles. The molecule has 0 aromatic heterocycles. The van der Waals surface area contributed by atoms with Crippen LogP contribution in [-0.2, 0) is 10.3 Å². The SMILES string of the molecule is NC(=O)Nc1cccc(C2(N=C=O)CC2)c1. The lowest BCUT2D eigenvalue weighted by atomic mass is 10.1. The minimum absolute atomic E-state index is 0.420. The maximum absolute atomic E-state index is 10.7. The summed E-state index contributed by atoms with van der Waals surface area (Å²) in [4.78, 5) is 24.8. The summed E-state index contributed by atoms with van der Waals surface area (Å²) in [7, 11) is 0. The molecule has 2 amide bonds. The highest BCUT2D eigenvalue weighted by Gasteiger charge is 2.44. The molecular weight excluding hydrogens is 206 g/mol. The predicted molar refractivity (Wildman–Crippen MR) is 58.7 cm³/mol. The number of anilines is 1. The van der Waals surface area contributed by atoms with Crippen LogP contribution in [0.25, 0.3) is 0 Å². The Hall–Kier alpha value is -2.13. The molecule has 0 saturated heterocycles. The number of carbonyl (C=O) groups excluding carboxylic acids is 2. The Labute approximate surface area is 92.4 Å². The van der Waals surface area contributed by atoms with Gasteiger partial charge in [0, 0.05) is 5.69 Å². The maximum atomic E-state index is 10.7. The van der Waals surface area contributed by atoms with Crippen LogP contribution in [0.2, 0.25) is 0 Å². The fourth-order valence-corrected chi connectivity index (χ4v) is 1.70. The Morgan fingerprint density at radius 3 is 2.81 bits per heavy atom. The number of aliphatic imine (C=N–C) groups is 1. The van der Waals surface area contributed by atoms with E-state index in [1.54, 1.807) is 24.3 Å². The molecule has 16 heavy (non-hydrogen) atoms. The maximum Gasteiger partial charge on any atom is 0.316 e. The summed E-state index contributed by atoms with van der Waals surface area (Å²) in [6.07, 6.45) is 3.26. The number of rotatable bonds is 3. The normalized spacial score (nSPS) is 16.0. The number of hydrogen-bond donors (Lipinski definition) is 2. The van der Waals surface area contributed by atoms with E-state index in [2.05, 4.69) is 10.3 Å². The predicted octanol–water partition coefficient (Wildman–Crippen LogP) is 1.50. The van der Waals surface area contributed by atoms with Gasteiger partial charge in [0.2, 0.25) is 6.08 Å². The van der Waals surface area contributed by atoms with Gasteiger partial charge in [-0.15, -0.1) is 0 Å². The molecule has 3 N–H and O–H groups in total. The van der Waals surface area contributed by atoms with Crippen molar-refractivity contribution in [3.05, 3.63) is 29.8 Å². The number of amides is 2. The number of nitrogens with zero attached hydrogens (tertiary/aromatic N) is 1. The smallest absolute Gasteiger partial charge is 0.316 e. The Balaban J connectivity index is 2.29. The monoisotopic (exact) mass is 217 g/mol. The summed E-state index contributed by atoms with van der Waals surface area (Å²) in [5.41, 5.74) is 6.12. The first kappa shape index (κ1) is 10.4. The summed E-state index contributed by atoms with van der Waals surface area (Å²) in [6.45, 7) is 0. The lowest BCUT2D eigenvalue weighted by molar-refractivity contribution is 0.259. The van der Waals surface area contributed by atoms with E-state index in [1.807, 2.05) is 6.07 Å². The molecule has 1 aliphatic carbocycles. The van der Waals surface area contributed by atoms with Crippen LogP contribution >= 0.6 is 0 Å². The van der Waals surface area contributed by atoms with Crippen molar-refractivity contribution in [1.29, 1.82) is 0 Å². The van der Waals surface area contributed by atoms with Crippen molar-refractivity contribution in [1.82, 2.24) is 0 Å². The van der Waals surface area contributed by atoms with Gasteiger partial charge in [0.25, 0.3) is 0 Å². The van der Waals surface area contributed by atoms with Crippen LogP contribution in [0.5, 0.6) is 0 Å². The second-order valence-electron chi connectivity index (χ2n) is 3.80. The molecule has 0 unspecified atom stereocenters. The molecule has 0 atom stereocenters. The van der Waals surface area contributed by atoms with Crippen molar-refractivity contribution < 1.29 is 9.59 Å². The number of carbonyl (C=O) groups is 1. The van der Waals surface area contributed by atoms with Gasteiger partial charge in [-0.25, -0.2) is 9.59 Å². The number of hydrogen-bond acceptors (Lipinski definition) is 3. The zero-order valence-corrected chi connectivity index (χ0v) is 8.56. The average molecular weight is 217 g/mol. The molecule has 1 aliphatic rings. The fourth-order valence-electron chi connectivity index (χ4n) is 1.70. The summed E-state index contributed by atoms with van der Waals surface area (Å²) in [6, 6.07) is 6.56. The van der Waals surface area contributed by atoms with Gasteiger partial charge in [-0.1, -0.05) is 12.1 Å². The van der Waals surface area contributed by atoms with E-state index in [1.165, 1.54) is 0 Å². The molecule has 1 fully saturated rings. The van der Waals surface area contributed by atoms with Crippen molar-refractivity contribution in [2.45, 2.75) is 18.4 Å². The number of nitrogens with two attached hydrogens (primary N) is 1. The van der Waals surface area contributed by atoms with E-state index in [-0.39, 0.29) is 0 Å². The molecular formula is C11H11N3O2. The van der Waals surface area contributed by atoms with Gasteiger partial charge < -0.3 is 11.1 Å². The molecule has 0 heterocycles. The number of primary amides is 1. The molecule has 2 rings (SSSR count). The Kier molecular flexibility index (Phi) is 2.46. The zero-order valence-electron chi connectivity index (χ0n) is 8.56. The van der Waals surface area contributed by atoms with Gasteiger partial charge in [0.1, 0.15) is 0 Å². The highest BCUT2D eigenvalue weighted by atomic mass is 16.2. The van der Waals surface area contributed by atoms with E-state index in [9.17, 15) is 9.59 Å². The first-order valence-corrected chi connectivity index (χ1v) is 4.92. The number of urea groups is 1. The summed E-state index contributed by atoms with van der Waals surface area (Å²) >= 11 is 0. The topological polar surface area (TPSA) is 84.6 Å². The van der Waals surface area contributed by atoms with E-state index in [4.69, 9.17) is 5.73 Å². The standard InChI is InChI=1S/C11H11N3O2/c12-10(16)14-9-3-1-2-8(6-9)11(4-5-11)13-7-15/h1-3,6H,4-5H2,(H3,12,14,16). The Morgan fingerprint density at radius 1 is 1.50 bits per heavy atom. The van der Waals surface area contributed by atoms with Crippen LogP contribution in [-0.4, -0.2) is 12.1 Å². The summed E-state index contributed by atoms with van der Waals surface area (Å²) < 4.78 is 0. The third kappa shape index (κ3) is 1.94. The van der Waals surface area contributed by atoms with Crippen molar-refractivity contribution in [3.63, 3.8) is 0 Å². The van der Waals surface area contributed by atoms with Gasteiger partial charge in [0.05, 0.1) is 5.54 Å². The van der Waals surface area contributed by atoms with Crippen LogP contribution in [0.15, 0.2) is 29.3 Å². The molecule has 82 valence electrons. The molecule has 1 aromatic carbocycles. The summed E-state index contributed by atoms with van der Waals surface area (Å²) in [5, 5.41) is 2.49. The van der Waals surface area contributed by atoms with Crippen LogP contribution in [0, 0.1) is 0 Å². The number of isocyanates is 1. The third-order valence-corrected chi connectivity index (χ3v) is 2.65. The largest absolute Gasteiger partial charge is 0.351 e. The van der Waals surface area contributed by atoms with Crippen molar-refractivity contribution in [2.24, 2.45) is 10.7 Å². The fraction of sp³-hybridized carbons (Fsp3) is 0.273. The van der Waals surface area contributed by atoms with Crippen LogP contribution < -0.4 is 11.1 Å². The molecule has 0 spiro atoms. The van der Waals surface area contributed by atoms with Crippen LogP contribution in [0.3, 0.4) is 0 Å². The highest BCUT2D eigenvalue weighted by Crippen LogP contribution is 2.49. The van der Waals surface area contributed by atoms with Gasteiger partial charge in [-0.3, -0.25) is 0 Å². The zero-order chi connectivity index (χ0) is 11.6. The van der Waals surface area contributed by atoms with Gasteiger partial charge in [-0.05, 0) is 30.5 Å². The van der Waals surface area contributed by atoms with Crippen molar-refractivity contribution >= 4 is 17.8 Å². The van der Waals surface area contributed by atoms with Gasteiger partial charge >= 0.3 is 6.03 Å². The number of nitrogens with one attached hydrogen (secondary N) is 1. The van der Waals surface area contributed by atoms with Crippen molar-refractivity contribution in [2.75, 3.05) is 5.32 Å². The van der Waals surface area contributed by atoms with Crippen LogP contribution in [0.1, 0.15) is 18.4 Å². The molecule has 5 heteroatoms. The molecule has 0 aliphatic heterocycles. The van der Waals surface area contributed by atoms with Gasteiger partial charge in [-0.2, -0.15) is 4.99 Å². The molecule has 1 aromatic rings. The minimum Gasteiger partial charge on any atom is -0.351 e. The quantitative estimate of drug-likeness (QED) is 0.594. The van der Waals surface area contributed by atoms with Crippen molar-refractivity contribution in [3.8, 4) is 0 Å². The Morgan fingerprint density at radius 2 is 2.25 bits per heavy atom. The molecule has 5 nitrogen and oxygen atoms in total. The highest BCUT2D eigenvalue weighted by molar-refractivity contribution is 5.87. The van der Waals surface area contributed by atoms with E-state index >= 15 is 0 Å². The second-order valence-corrected chi connectivity index (χ2v) is 3.80. The van der Waals surface area contributed by atoms with E-state index in [0.29, 0.717) is 5.69 Å². The Bertz CT molecular complexity index is 474. The first-order chi connectivity index (χ1) is 7.66. The lowest BCUT2D eigenvalue weighted by Gasteiger charge is -2.10. The average Bonchev–Trinajstić information content (AvgIpc) is 2.99. The van der Waals surface area contributed by atoms with Crippen LogP contribution in [0.4, 0.5) is 10.5 Å². The first-order valence-electron chi connectivity index (χ1n) is 4.92. The molecule has 0 bridgehead atoms. The number of benzene rings is 1.